The Morgan fingerprint density at radius 1 is 0.793 bits per heavy atom. The molecule has 2 aromatic carbocycles. The first-order valence-corrected chi connectivity index (χ1v) is 9.90. The number of rotatable bonds is 8. The third-order valence-corrected chi connectivity index (χ3v) is 4.85. The van der Waals surface area contributed by atoms with Gasteiger partial charge in [-0.05, 0) is 36.7 Å². The van der Waals surface area contributed by atoms with E-state index < -0.39 is 0 Å². The van der Waals surface area contributed by atoms with E-state index in [1.165, 1.54) is 5.56 Å². The molecule has 0 aliphatic carbocycles. The van der Waals surface area contributed by atoms with Gasteiger partial charge in [0.15, 0.2) is 5.15 Å². The summed E-state index contributed by atoms with van der Waals surface area (Å²) in [5.41, 5.74) is 3.14. The van der Waals surface area contributed by atoms with Crippen LogP contribution in [0.25, 0.3) is 10.8 Å². The lowest BCUT2D eigenvalue weighted by molar-refractivity contribution is 0.289. The molecule has 2 aromatic heterocycles. The van der Waals surface area contributed by atoms with Crippen molar-refractivity contribution >= 4 is 22.4 Å². The van der Waals surface area contributed by atoms with Gasteiger partial charge in [-0.15, -0.1) is 10.2 Å². The highest BCUT2D eigenvalue weighted by Gasteiger charge is 2.09. The highest BCUT2D eigenvalue weighted by atomic mass is 35.5. The van der Waals surface area contributed by atoms with Gasteiger partial charge in [0.1, 0.15) is 6.61 Å². The van der Waals surface area contributed by atoms with E-state index in [-0.39, 0.29) is 0 Å². The van der Waals surface area contributed by atoms with Gasteiger partial charge in [0, 0.05) is 17.3 Å². The monoisotopic (exact) mass is 404 g/mol. The van der Waals surface area contributed by atoms with Gasteiger partial charge in [-0.3, -0.25) is 4.98 Å². The molecule has 0 fully saturated rings. The van der Waals surface area contributed by atoms with Crippen molar-refractivity contribution < 1.29 is 4.74 Å². The molecule has 0 aliphatic heterocycles. The maximum Gasteiger partial charge on any atom is 0.241 e. The maximum absolute atomic E-state index is 6.12. The number of fused-ring (bicyclic) bond motifs is 1. The van der Waals surface area contributed by atoms with Crippen LogP contribution in [-0.4, -0.2) is 21.7 Å². The maximum atomic E-state index is 6.12. The summed E-state index contributed by atoms with van der Waals surface area (Å²) in [5, 5.41) is 13.5. The van der Waals surface area contributed by atoms with Crippen molar-refractivity contribution in [2.24, 2.45) is 0 Å². The van der Waals surface area contributed by atoms with E-state index in [2.05, 4.69) is 44.8 Å². The summed E-state index contributed by atoms with van der Waals surface area (Å²) in [5.74, 6) is 0.457. The van der Waals surface area contributed by atoms with E-state index in [0.29, 0.717) is 24.2 Å². The number of halogens is 1. The molecule has 0 spiro atoms. The summed E-state index contributed by atoms with van der Waals surface area (Å²) in [4.78, 5) is 4.67. The van der Waals surface area contributed by atoms with E-state index in [4.69, 9.17) is 16.3 Å². The van der Waals surface area contributed by atoms with Gasteiger partial charge in [-0.2, -0.15) is 0 Å². The Morgan fingerprint density at radius 2 is 1.55 bits per heavy atom. The summed E-state index contributed by atoms with van der Waals surface area (Å²) in [7, 11) is 0. The standard InChI is InChI=1S/C23H21ClN4O/c24-22-20-11-4-5-12-21(20)23(28-27-22)29-16-19-10-6-9-18(26-19)15-25-14-13-17-7-2-1-3-8-17/h1-12,25H,13-16H2. The fraction of sp³-hybridized carbons (Fsp3) is 0.174. The molecule has 0 atom stereocenters. The average molecular weight is 405 g/mol. The van der Waals surface area contributed by atoms with Gasteiger partial charge >= 0.3 is 0 Å². The summed E-state index contributed by atoms with van der Waals surface area (Å²) < 4.78 is 5.88. The van der Waals surface area contributed by atoms with Gasteiger partial charge in [-0.1, -0.05) is 66.2 Å². The SMILES string of the molecule is Clc1nnc(OCc2cccc(CNCCc3ccccc3)n2)c2ccccc12. The number of ether oxygens (including phenoxy) is 1. The predicted octanol–water partition coefficient (Wildman–Crippen LogP) is 4.59. The molecule has 4 rings (SSSR count). The topological polar surface area (TPSA) is 59.9 Å². The number of nitrogens with zero attached hydrogens (tertiary/aromatic N) is 3. The molecule has 0 unspecified atom stereocenters. The van der Waals surface area contributed by atoms with Crippen LogP contribution >= 0.6 is 11.6 Å². The first-order chi connectivity index (χ1) is 14.3. The number of nitrogens with one attached hydrogen (secondary N) is 1. The summed E-state index contributed by atoms with van der Waals surface area (Å²) in [6, 6.07) is 24.0. The molecule has 5 nitrogen and oxygen atoms in total. The molecule has 1 N–H and O–H groups in total. The van der Waals surface area contributed by atoms with Crippen LogP contribution in [0, 0.1) is 0 Å². The van der Waals surface area contributed by atoms with Crippen molar-refractivity contribution in [1.82, 2.24) is 20.5 Å². The molecule has 0 radical (unpaired) electrons. The number of pyridine rings is 1. The van der Waals surface area contributed by atoms with Crippen LogP contribution in [0.4, 0.5) is 0 Å². The first kappa shape index (κ1) is 19.3. The van der Waals surface area contributed by atoms with Crippen LogP contribution in [-0.2, 0) is 19.6 Å². The second-order valence-electron chi connectivity index (χ2n) is 6.66. The van der Waals surface area contributed by atoms with E-state index >= 15 is 0 Å². The molecule has 0 saturated carbocycles. The lowest BCUT2D eigenvalue weighted by Gasteiger charge is -2.09. The molecule has 0 bridgehead atoms. The van der Waals surface area contributed by atoms with Gasteiger partial charge < -0.3 is 10.1 Å². The molecule has 2 heterocycles. The largest absolute Gasteiger partial charge is 0.470 e. The zero-order chi connectivity index (χ0) is 19.9. The average Bonchev–Trinajstić information content (AvgIpc) is 2.78. The number of hydrogen-bond acceptors (Lipinski definition) is 5. The first-order valence-electron chi connectivity index (χ1n) is 9.53. The third kappa shape index (κ3) is 5.08. The van der Waals surface area contributed by atoms with Crippen LogP contribution in [0.1, 0.15) is 17.0 Å². The summed E-state index contributed by atoms with van der Waals surface area (Å²) in [6.45, 7) is 1.93. The van der Waals surface area contributed by atoms with Crippen molar-refractivity contribution in [3.05, 3.63) is 94.9 Å². The summed E-state index contributed by atoms with van der Waals surface area (Å²) in [6.07, 6.45) is 0.992. The number of hydrogen-bond donors (Lipinski definition) is 1. The molecular formula is C23H21ClN4O. The van der Waals surface area contributed by atoms with Crippen LogP contribution in [0.2, 0.25) is 5.15 Å². The van der Waals surface area contributed by atoms with Gasteiger partial charge in [0.2, 0.25) is 5.88 Å². The zero-order valence-corrected chi connectivity index (χ0v) is 16.6. The minimum absolute atomic E-state index is 0.318. The lowest BCUT2D eigenvalue weighted by atomic mass is 10.1. The van der Waals surface area contributed by atoms with E-state index in [1.54, 1.807) is 0 Å². The molecule has 0 aliphatic rings. The minimum atomic E-state index is 0.318. The predicted molar refractivity (Wildman–Crippen MR) is 115 cm³/mol. The van der Waals surface area contributed by atoms with Crippen LogP contribution < -0.4 is 10.1 Å². The molecule has 0 saturated heterocycles. The number of aromatic nitrogens is 3. The minimum Gasteiger partial charge on any atom is -0.470 e. The van der Waals surface area contributed by atoms with Crippen molar-refractivity contribution in [3.8, 4) is 5.88 Å². The smallest absolute Gasteiger partial charge is 0.241 e. The van der Waals surface area contributed by atoms with E-state index in [0.717, 1.165) is 35.1 Å². The van der Waals surface area contributed by atoms with Crippen molar-refractivity contribution in [2.75, 3.05) is 6.54 Å². The van der Waals surface area contributed by atoms with Crippen molar-refractivity contribution in [2.45, 2.75) is 19.6 Å². The highest BCUT2D eigenvalue weighted by Crippen LogP contribution is 2.27. The summed E-state index contributed by atoms with van der Waals surface area (Å²) >= 11 is 6.12. The lowest BCUT2D eigenvalue weighted by Crippen LogP contribution is -2.17. The molecule has 0 amide bonds. The van der Waals surface area contributed by atoms with Crippen LogP contribution in [0.15, 0.2) is 72.8 Å². The second-order valence-corrected chi connectivity index (χ2v) is 7.02. The Balaban J connectivity index is 1.34. The third-order valence-electron chi connectivity index (χ3n) is 4.57. The number of benzene rings is 2. The van der Waals surface area contributed by atoms with Gasteiger partial charge in [-0.25, -0.2) is 0 Å². The van der Waals surface area contributed by atoms with Crippen molar-refractivity contribution in [1.29, 1.82) is 0 Å². The molecule has 4 aromatic rings. The fourth-order valence-electron chi connectivity index (χ4n) is 3.10. The van der Waals surface area contributed by atoms with Gasteiger partial charge in [0.25, 0.3) is 0 Å². The Hall–Kier alpha value is -3.02. The van der Waals surface area contributed by atoms with Gasteiger partial charge in [0.05, 0.1) is 11.4 Å². The van der Waals surface area contributed by atoms with Crippen LogP contribution in [0.5, 0.6) is 5.88 Å². The Morgan fingerprint density at radius 3 is 2.41 bits per heavy atom. The molecule has 146 valence electrons. The molecule has 6 heteroatoms. The zero-order valence-electron chi connectivity index (χ0n) is 15.9. The normalized spacial score (nSPS) is 10.9. The Kier molecular flexibility index (Phi) is 6.29. The van der Waals surface area contributed by atoms with Crippen molar-refractivity contribution in [3.63, 3.8) is 0 Å². The molecular weight excluding hydrogens is 384 g/mol. The second kappa shape index (κ2) is 9.45. The Labute approximate surface area is 174 Å². The Bertz CT molecular complexity index is 1090. The highest BCUT2D eigenvalue weighted by molar-refractivity contribution is 6.34. The van der Waals surface area contributed by atoms with Crippen LogP contribution in [0.3, 0.4) is 0 Å². The quantitative estimate of drug-likeness (QED) is 0.435. The van der Waals surface area contributed by atoms with E-state index in [9.17, 15) is 0 Å². The fourth-order valence-corrected chi connectivity index (χ4v) is 3.30. The van der Waals surface area contributed by atoms with E-state index in [1.807, 2.05) is 48.5 Å². The molecule has 29 heavy (non-hydrogen) atoms.